The number of carbonyl (C=O) groups excluding carboxylic acids is 2. The van der Waals surface area contributed by atoms with Crippen LogP contribution >= 0.6 is 0 Å². The van der Waals surface area contributed by atoms with E-state index in [0.717, 1.165) is 25.7 Å². The zero-order chi connectivity index (χ0) is 20.9. The number of hydrogen-bond donors (Lipinski definition) is 3. The number of ketones is 2. The second-order valence-electron chi connectivity index (χ2n) is 10.5. The van der Waals surface area contributed by atoms with Crippen LogP contribution in [0.25, 0.3) is 0 Å². The van der Waals surface area contributed by atoms with Gasteiger partial charge in [-0.05, 0) is 66.1 Å². The maximum absolute atomic E-state index is 13.2. The minimum atomic E-state index is -0.534. The van der Waals surface area contributed by atoms with Crippen molar-refractivity contribution in [1.29, 1.82) is 0 Å². The summed E-state index contributed by atoms with van der Waals surface area (Å²) in [6.45, 7) is 7.93. The van der Waals surface area contributed by atoms with Crippen LogP contribution in [0.3, 0.4) is 0 Å². The van der Waals surface area contributed by atoms with Gasteiger partial charge in [0.15, 0.2) is 5.78 Å². The average Bonchev–Trinajstić information content (AvgIpc) is 3.04. The summed E-state index contributed by atoms with van der Waals surface area (Å²) in [5, 5.41) is 31.1. The van der Waals surface area contributed by atoms with Crippen molar-refractivity contribution in [2.45, 2.75) is 78.7 Å². The summed E-state index contributed by atoms with van der Waals surface area (Å²) in [5.74, 6) is -0.376. The number of aliphatic hydroxyl groups is 3. The molecule has 0 aromatic heterocycles. The Kier molecular flexibility index (Phi) is 5.85. The molecule has 0 radical (unpaired) electrons. The highest BCUT2D eigenvalue weighted by Gasteiger charge is 2.67. The van der Waals surface area contributed by atoms with Crippen molar-refractivity contribution >= 4 is 11.6 Å². The summed E-state index contributed by atoms with van der Waals surface area (Å²) >= 11 is 0. The molecule has 0 aromatic rings. The summed E-state index contributed by atoms with van der Waals surface area (Å²) in [4.78, 5) is 25.6. The molecule has 3 N–H and O–H groups in total. The minimum absolute atomic E-state index is 0.00219. The molecular weight excluding hydrogens is 356 g/mol. The van der Waals surface area contributed by atoms with Gasteiger partial charge in [0.05, 0.1) is 6.10 Å². The Bertz CT molecular complexity index is 632. The fourth-order valence-electron chi connectivity index (χ4n) is 7.57. The third-order valence-corrected chi connectivity index (χ3v) is 9.56. The maximum Gasteiger partial charge on any atom is 0.158 e. The Morgan fingerprint density at radius 3 is 2.43 bits per heavy atom. The molecule has 1 unspecified atom stereocenters. The lowest BCUT2D eigenvalue weighted by atomic mass is 9.41. The van der Waals surface area contributed by atoms with Crippen LogP contribution < -0.4 is 0 Å². The van der Waals surface area contributed by atoms with Crippen LogP contribution in [-0.2, 0) is 9.59 Å². The maximum atomic E-state index is 13.2. The molecule has 3 fully saturated rings. The van der Waals surface area contributed by atoms with E-state index >= 15 is 0 Å². The molecule has 160 valence electrons. The highest BCUT2D eigenvalue weighted by Crippen LogP contribution is 2.69. The third kappa shape index (κ3) is 2.92. The molecule has 0 aromatic carbocycles. The van der Waals surface area contributed by atoms with Crippen LogP contribution in [0.5, 0.6) is 0 Å². The first-order valence-electron chi connectivity index (χ1n) is 11.0. The first kappa shape index (κ1) is 21.9. The monoisotopic (exact) mass is 394 g/mol. The molecule has 3 aliphatic carbocycles. The summed E-state index contributed by atoms with van der Waals surface area (Å²) in [5.41, 5.74) is -1.10. The molecule has 3 rings (SSSR count). The van der Waals surface area contributed by atoms with E-state index in [-0.39, 0.29) is 59.1 Å². The van der Waals surface area contributed by atoms with Crippen LogP contribution in [0.2, 0.25) is 0 Å². The molecule has 0 heterocycles. The third-order valence-electron chi connectivity index (χ3n) is 9.56. The SMILES string of the molecule is CC[C@]1(C)C[C@@H](CC(=O)CO)[C@@]2(C)C3C(=O)CC[C@@]3(CC[C@H]2CO)[C@@H](C)[C@@H]1O. The Labute approximate surface area is 168 Å². The van der Waals surface area contributed by atoms with Crippen molar-refractivity contribution < 1.29 is 24.9 Å². The Balaban J connectivity index is 2.21. The average molecular weight is 395 g/mol. The molecule has 2 bridgehead atoms. The number of aliphatic hydroxyl groups excluding tert-OH is 3. The molecule has 8 atom stereocenters. The van der Waals surface area contributed by atoms with Crippen molar-refractivity contribution in [1.82, 2.24) is 0 Å². The van der Waals surface area contributed by atoms with Crippen molar-refractivity contribution in [3.8, 4) is 0 Å². The quantitative estimate of drug-likeness (QED) is 0.666. The Hall–Kier alpha value is -0.780. The Morgan fingerprint density at radius 1 is 1.18 bits per heavy atom. The van der Waals surface area contributed by atoms with Gasteiger partial charge in [-0.15, -0.1) is 0 Å². The van der Waals surface area contributed by atoms with Gasteiger partial charge in [0.2, 0.25) is 0 Å². The molecule has 0 saturated heterocycles. The fraction of sp³-hybridized carbons (Fsp3) is 0.913. The van der Waals surface area contributed by atoms with Gasteiger partial charge in [-0.2, -0.15) is 0 Å². The van der Waals surface area contributed by atoms with Crippen molar-refractivity contribution in [2.75, 3.05) is 13.2 Å². The lowest BCUT2D eigenvalue weighted by Gasteiger charge is -2.63. The van der Waals surface area contributed by atoms with Gasteiger partial charge in [0.25, 0.3) is 0 Å². The van der Waals surface area contributed by atoms with E-state index in [1.807, 2.05) is 0 Å². The first-order chi connectivity index (χ1) is 13.1. The summed E-state index contributed by atoms with van der Waals surface area (Å²) in [6.07, 6.45) is 4.09. The second kappa shape index (κ2) is 7.48. The van der Waals surface area contributed by atoms with E-state index in [0.29, 0.717) is 12.8 Å². The van der Waals surface area contributed by atoms with E-state index in [1.54, 1.807) is 0 Å². The molecule has 0 amide bonds. The zero-order valence-corrected chi connectivity index (χ0v) is 17.9. The van der Waals surface area contributed by atoms with Gasteiger partial charge in [-0.3, -0.25) is 9.59 Å². The zero-order valence-electron chi connectivity index (χ0n) is 17.9. The molecule has 3 aliphatic rings. The number of rotatable bonds is 5. The first-order valence-corrected chi connectivity index (χ1v) is 11.0. The van der Waals surface area contributed by atoms with Crippen molar-refractivity contribution in [3.05, 3.63) is 0 Å². The molecule has 28 heavy (non-hydrogen) atoms. The molecular formula is C23H38O5. The normalized spacial score (nSPS) is 48.7. The predicted molar refractivity (Wildman–Crippen MR) is 106 cm³/mol. The van der Waals surface area contributed by atoms with Crippen LogP contribution in [-0.4, -0.2) is 46.2 Å². The second-order valence-corrected chi connectivity index (χ2v) is 10.5. The molecule has 5 heteroatoms. The van der Waals surface area contributed by atoms with Crippen molar-refractivity contribution in [3.63, 3.8) is 0 Å². The summed E-state index contributed by atoms with van der Waals surface area (Å²) in [6, 6.07) is 0. The molecule has 5 nitrogen and oxygen atoms in total. The van der Waals surface area contributed by atoms with Gasteiger partial charge in [-0.25, -0.2) is 0 Å². The molecule has 0 aliphatic heterocycles. The van der Waals surface area contributed by atoms with Gasteiger partial charge in [0.1, 0.15) is 12.4 Å². The summed E-state index contributed by atoms with van der Waals surface area (Å²) in [7, 11) is 0. The fourth-order valence-corrected chi connectivity index (χ4v) is 7.57. The van der Waals surface area contributed by atoms with E-state index in [9.17, 15) is 24.9 Å². The number of carbonyl (C=O) groups is 2. The smallest absolute Gasteiger partial charge is 0.158 e. The van der Waals surface area contributed by atoms with Gasteiger partial charge in [-0.1, -0.05) is 27.7 Å². The number of Topliss-reactive ketones (excluding diaryl/α,β-unsaturated/α-hetero) is 2. The molecule has 3 saturated carbocycles. The van der Waals surface area contributed by atoms with Gasteiger partial charge < -0.3 is 15.3 Å². The van der Waals surface area contributed by atoms with Crippen LogP contribution in [0.1, 0.15) is 72.6 Å². The topological polar surface area (TPSA) is 94.8 Å². The highest BCUT2D eigenvalue weighted by atomic mass is 16.3. The van der Waals surface area contributed by atoms with E-state index in [1.165, 1.54) is 0 Å². The van der Waals surface area contributed by atoms with Crippen LogP contribution in [0.4, 0.5) is 0 Å². The van der Waals surface area contributed by atoms with Crippen molar-refractivity contribution in [2.24, 2.45) is 39.9 Å². The molecule has 0 spiro atoms. The number of hydrogen-bond acceptors (Lipinski definition) is 5. The van der Waals surface area contributed by atoms with Crippen LogP contribution in [0, 0.1) is 39.9 Å². The summed E-state index contributed by atoms with van der Waals surface area (Å²) < 4.78 is 0. The van der Waals surface area contributed by atoms with E-state index < -0.39 is 18.1 Å². The highest BCUT2D eigenvalue weighted by molar-refractivity contribution is 5.86. The lowest BCUT2D eigenvalue weighted by Crippen LogP contribution is -2.62. The van der Waals surface area contributed by atoms with E-state index in [4.69, 9.17) is 0 Å². The Morgan fingerprint density at radius 2 is 1.86 bits per heavy atom. The standard InChI is InChI=1S/C23H38O5/c1-5-21(3)11-16(10-17(26)13-25)22(4)15(12-24)6-8-23(14(2)20(21)28)9-7-18(27)19(22)23/h14-16,19-20,24-25,28H,5-13H2,1-4H3/t14-,15-,16+,19?,20-,21+,22-,23-/m0/s1. The van der Waals surface area contributed by atoms with Gasteiger partial charge in [0, 0.05) is 25.4 Å². The predicted octanol–water partition coefficient (Wildman–Crippen LogP) is 2.75. The minimum Gasteiger partial charge on any atom is -0.396 e. The largest absolute Gasteiger partial charge is 0.396 e. The van der Waals surface area contributed by atoms with E-state index in [2.05, 4.69) is 27.7 Å². The van der Waals surface area contributed by atoms with Crippen LogP contribution in [0.15, 0.2) is 0 Å². The van der Waals surface area contributed by atoms with Gasteiger partial charge >= 0.3 is 0 Å². The lowest BCUT2D eigenvalue weighted by molar-refractivity contribution is -0.190.